The van der Waals surface area contributed by atoms with Crippen molar-refractivity contribution in [2.45, 2.75) is 13.0 Å². The predicted molar refractivity (Wildman–Crippen MR) is 95.1 cm³/mol. The number of piperazine rings is 1. The molecule has 1 fully saturated rings. The zero-order valence-corrected chi connectivity index (χ0v) is 14.3. The lowest BCUT2D eigenvalue weighted by Crippen LogP contribution is -2.52. The van der Waals surface area contributed by atoms with Gasteiger partial charge in [-0.3, -0.25) is 9.69 Å². The molecule has 0 aliphatic carbocycles. The lowest BCUT2D eigenvalue weighted by molar-refractivity contribution is -0.120. The van der Waals surface area contributed by atoms with Crippen LogP contribution in [0.4, 0.5) is 10.8 Å². The number of nitrogens with one attached hydrogen (secondary N) is 1. The van der Waals surface area contributed by atoms with Gasteiger partial charge in [0, 0.05) is 43.4 Å². The van der Waals surface area contributed by atoms with Crippen molar-refractivity contribution in [3.63, 3.8) is 0 Å². The molecular formula is C17H19N5OS. The third-order valence-electron chi connectivity index (χ3n) is 4.21. The van der Waals surface area contributed by atoms with Gasteiger partial charge in [0.15, 0.2) is 5.13 Å². The number of thiazole rings is 1. The van der Waals surface area contributed by atoms with Gasteiger partial charge < -0.3 is 10.2 Å². The minimum atomic E-state index is -0.195. The van der Waals surface area contributed by atoms with Crippen molar-refractivity contribution in [1.29, 1.82) is 5.26 Å². The lowest BCUT2D eigenvalue weighted by Gasteiger charge is -2.37. The maximum atomic E-state index is 12.4. The summed E-state index contributed by atoms with van der Waals surface area (Å²) in [5, 5.41) is 14.7. The van der Waals surface area contributed by atoms with Crippen molar-refractivity contribution in [2.75, 3.05) is 36.4 Å². The molecule has 7 heteroatoms. The maximum Gasteiger partial charge on any atom is 0.241 e. The lowest BCUT2D eigenvalue weighted by atomic mass is 10.2. The van der Waals surface area contributed by atoms with Gasteiger partial charge in [-0.15, -0.1) is 11.3 Å². The van der Waals surface area contributed by atoms with E-state index >= 15 is 0 Å². The number of carbonyl (C=O) groups excluding carboxylic acids is 1. The highest BCUT2D eigenvalue weighted by molar-refractivity contribution is 7.13. The van der Waals surface area contributed by atoms with Crippen LogP contribution >= 0.6 is 11.3 Å². The molecule has 0 unspecified atom stereocenters. The van der Waals surface area contributed by atoms with Crippen LogP contribution in [0.2, 0.25) is 0 Å². The molecule has 1 saturated heterocycles. The molecule has 0 saturated carbocycles. The van der Waals surface area contributed by atoms with E-state index in [0.29, 0.717) is 11.3 Å². The molecule has 1 amide bonds. The van der Waals surface area contributed by atoms with E-state index < -0.39 is 0 Å². The Morgan fingerprint density at radius 1 is 1.29 bits per heavy atom. The molecule has 0 spiro atoms. The van der Waals surface area contributed by atoms with Gasteiger partial charge in [0.05, 0.1) is 17.7 Å². The van der Waals surface area contributed by atoms with Crippen LogP contribution in [0.25, 0.3) is 0 Å². The third kappa shape index (κ3) is 3.72. The Balaban J connectivity index is 1.53. The maximum absolute atomic E-state index is 12.4. The summed E-state index contributed by atoms with van der Waals surface area (Å²) in [6, 6.07) is 8.78. The molecule has 0 radical (unpaired) electrons. The molecule has 0 bridgehead atoms. The van der Waals surface area contributed by atoms with Gasteiger partial charge in [0.2, 0.25) is 5.91 Å². The number of hydrogen-bond acceptors (Lipinski definition) is 6. The number of amides is 1. The number of benzene rings is 1. The van der Waals surface area contributed by atoms with Crippen LogP contribution in [0.15, 0.2) is 35.8 Å². The highest BCUT2D eigenvalue weighted by atomic mass is 32.1. The van der Waals surface area contributed by atoms with Gasteiger partial charge >= 0.3 is 0 Å². The highest BCUT2D eigenvalue weighted by Crippen LogP contribution is 2.20. The fourth-order valence-electron chi connectivity index (χ4n) is 2.71. The van der Waals surface area contributed by atoms with Crippen LogP contribution in [0.3, 0.4) is 0 Å². The number of anilines is 2. The van der Waals surface area contributed by atoms with E-state index in [9.17, 15) is 4.79 Å². The van der Waals surface area contributed by atoms with Gasteiger partial charge in [-0.05, 0) is 31.2 Å². The molecule has 6 nitrogen and oxygen atoms in total. The van der Waals surface area contributed by atoms with E-state index in [2.05, 4.69) is 26.2 Å². The SMILES string of the molecule is C[C@@H](C(=O)Nc1ccc(C#N)cc1)N1CCN(c2nccs2)CC1. The molecule has 1 aromatic heterocycles. The van der Waals surface area contributed by atoms with Gasteiger partial charge in [0.25, 0.3) is 0 Å². The summed E-state index contributed by atoms with van der Waals surface area (Å²) in [4.78, 5) is 21.2. The van der Waals surface area contributed by atoms with Gasteiger partial charge in [-0.25, -0.2) is 4.98 Å². The fourth-order valence-corrected chi connectivity index (χ4v) is 3.41. The second-order valence-corrected chi connectivity index (χ2v) is 6.57. The summed E-state index contributed by atoms with van der Waals surface area (Å²) in [5.74, 6) is -0.0255. The first-order chi connectivity index (χ1) is 11.7. The van der Waals surface area contributed by atoms with Crippen LogP contribution in [-0.4, -0.2) is 48.0 Å². The first kappa shape index (κ1) is 16.4. The summed E-state index contributed by atoms with van der Waals surface area (Å²) in [6.45, 7) is 5.35. The van der Waals surface area contributed by atoms with E-state index in [-0.39, 0.29) is 11.9 Å². The first-order valence-corrected chi connectivity index (χ1v) is 8.75. The van der Waals surface area contributed by atoms with Crippen molar-refractivity contribution in [1.82, 2.24) is 9.88 Å². The Morgan fingerprint density at radius 2 is 2.00 bits per heavy atom. The van der Waals surface area contributed by atoms with Gasteiger partial charge in [-0.2, -0.15) is 5.26 Å². The average molecular weight is 341 g/mol. The molecule has 2 aromatic rings. The minimum Gasteiger partial charge on any atom is -0.346 e. The zero-order chi connectivity index (χ0) is 16.9. The van der Waals surface area contributed by atoms with Crippen LogP contribution < -0.4 is 10.2 Å². The number of nitrogens with zero attached hydrogens (tertiary/aromatic N) is 4. The number of aromatic nitrogens is 1. The minimum absolute atomic E-state index is 0.0255. The van der Waals surface area contributed by atoms with Crippen molar-refractivity contribution in [3.05, 3.63) is 41.4 Å². The largest absolute Gasteiger partial charge is 0.346 e. The van der Waals surface area contributed by atoms with Gasteiger partial charge in [0.1, 0.15) is 0 Å². The van der Waals surface area contributed by atoms with Gasteiger partial charge in [-0.1, -0.05) is 0 Å². The Kier molecular flexibility index (Phi) is 5.08. The zero-order valence-electron chi connectivity index (χ0n) is 13.5. The Morgan fingerprint density at radius 3 is 2.58 bits per heavy atom. The van der Waals surface area contributed by atoms with Crippen LogP contribution in [0, 0.1) is 11.3 Å². The Labute approximate surface area is 145 Å². The van der Waals surface area contributed by atoms with Crippen molar-refractivity contribution in [3.8, 4) is 6.07 Å². The monoisotopic (exact) mass is 341 g/mol. The molecule has 24 heavy (non-hydrogen) atoms. The predicted octanol–water partition coefficient (Wildman–Crippen LogP) is 2.16. The summed E-state index contributed by atoms with van der Waals surface area (Å²) >= 11 is 1.64. The smallest absolute Gasteiger partial charge is 0.241 e. The topological polar surface area (TPSA) is 72.3 Å². The van der Waals surface area contributed by atoms with Crippen LogP contribution in [0.5, 0.6) is 0 Å². The Hall–Kier alpha value is -2.43. The second-order valence-electron chi connectivity index (χ2n) is 5.69. The standard InChI is InChI=1S/C17H19N5OS/c1-13(16(23)20-15-4-2-14(12-18)3-5-15)21-7-9-22(10-8-21)17-19-6-11-24-17/h2-6,11,13H,7-10H2,1H3,(H,20,23)/t13-/m0/s1. The molecule has 2 heterocycles. The van der Waals surface area contributed by atoms with E-state index in [0.717, 1.165) is 31.3 Å². The van der Waals surface area contributed by atoms with Crippen molar-refractivity contribution < 1.29 is 4.79 Å². The Bertz CT molecular complexity index is 714. The first-order valence-electron chi connectivity index (χ1n) is 7.87. The molecule has 1 aliphatic heterocycles. The van der Waals surface area contributed by atoms with Crippen LogP contribution in [0.1, 0.15) is 12.5 Å². The van der Waals surface area contributed by atoms with E-state index in [1.54, 1.807) is 35.6 Å². The van der Waals surface area contributed by atoms with E-state index in [1.807, 2.05) is 18.5 Å². The third-order valence-corrected chi connectivity index (χ3v) is 5.04. The molecule has 1 N–H and O–H groups in total. The summed E-state index contributed by atoms with van der Waals surface area (Å²) in [6.07, 6.45) is 1.82. The van der Waals surface area contributed by atoms with Crippen LogP contribution in [-0.2, 0) is 4.79 Å². The number of rotatable bonds is 4. The number of hydrogen-bond donors (Lipinski definition) is 1. The van der Waals surface area contributed by atoms with Crippen molar-refractivity contribution >= 4 is 28.1 Å². The molecule has 1 atom stereocenters. The van der Waals surface area contributed by atoms with E-state index in [4.69, 9.17) is 5.26 Å². The molecule has 3 rings (SSSR count). The van der Waals surface area contributed by atoms with E-state index in [1.165, 1.54) is 0 Å². The normalized spacial score (nSPS) is 16.4. The second kappa shape index (κ2) is 7.43. The summed E-state index contributed by atoms with van der Waals surface area (Å²) in [7, 11) is 0. The van der Waals surface area contributed by atoms with Crippen molar-refractivity contribution in [2.24, 2.45) is 0 Å². The summed E-state index contributed by atoms with van der Waals surface area (Å²) < 4.78 is 0. The number of nitriles is 1. The average Bonchev–Trinajstić information content (AvgIpc) is 3.16. The molecule has 1 aromatic carbocycles. The number of carbonyl (C=O) groups is 1. The fraction of sp³-hybridized carbons (Fsp3) is 0.353. The summed E-state index contributed by atoms with van der Waals surface area (Å²) in [5.41, 5.74) is 1.30. The quantitative estimate of drug-likeness (QED) is 0.923. The highest BCUT2D eigenvalue weighted by Gasteiger charge is 2.26. The molecule has 124 valence electrons. The molecule has 1 aliphatic rings. The molecular weight excluding hydrogens is 322 g/mol.